The lowest BCUT2D eigenvalue weighted by Gasteiger charge is -2.18. The van der Waals surface area contributed by atoms with Crippen LogP contribution in [0.1, 0.15) is 28.3 Å². The maximum Gasteiger partial charge on any atom is 0.127 e. The number of benzene rings is 2. The van der Waals surface area contributed by atoms with E-state index in [2.05, 4.69) is 53.2 Å². The highest BCUT2D eigenvalue weighted by Crippen LogP contribution is 2.37. The molecule has 1 atom stereocenters. The van der Waals surface area contributed by atoms with Gasteiger partial charge in [-0.25, -0.2) is 0 Å². The van der Waals surface area contributed by atoms with Crippen molar-refractivity contribution >= 4 is 15.9 Å². The molecule has 0 amide bonds. The lowest BCUT2D eigenvalue weighted by atomic mass is 9.95. The molecule has 0 aliphatic carbocycles. The van der Waals surface area contributed by atoms with Crippen LogP contribution in [0.25, 0.3) is 0 Å². The van der Waals surface area contributed by atoms with Crippen LogP contribution in [0.4, 0.5) is 0 Å². The second-order valence-corrected chi connectivity index (χ2v) is 5.68. The highest BCUT2D eigenvalue weighted by atomic mass is 79.9. The van der Waals surface area contributed by atoms with Crippen molar-refractivity contribution in [2.75, 3.05) is 6.61 Å². The average molecular weight is 318 g/mol. The zero-order valence-corrected chi connectivity index (χ0v) is 12.4. The lowest BCUT2D eigenvalue weighted by Crippen LogP contribution is -2.14. The van der Waals surface area contributed by atoms with Crippen molar-refractivity contribution in [3.05, 3.63) is 63.1 Å². The molecule has 1 heterocycles. The summed E-state index contributed by atoms with van der Waals surface area (Å²) in [4.78, 5) is 0. The van der Waals surface area contributed by atoms with Gasteiger partial charge in [0.05, 0.1) is 12.6 Å². The van der Waals surface area contributed by atoms with Crippen molar-refractivity contribution in [1.82, 2.24) is 0 Å². The zero-order chi connectivity index (χ0) is 13.4. The Morgan fingerprint density at radius 2 is 1.89 bits per heavy atom. The molecule has 1 aliphatic rings. The molecule has 0 aromatic heterocycles. The molecule has 0 fully saturated rings. The van der Waals surface area contributed by atoms with Gasteiger partial charge in [0.2, 0.25) is 0 Å². The molecule has 98 valence electrons. The number of halogens is 1. The van der Waals surface area contributed by atoms with Crippen LogP contribution < -0.4 is 10.5 Å². The molecule has 1 aliphatic heterocycles. The van der Waals surface area contributed by atoms with Gasteiger partial charge in [-0.3, -0.25) is 0 Å². The van der Waals surface area contributed by atoms with Crippen molar-refractivity contribution < 1.29 is 4.74 Å². The number of para-hydroxylation sites is 1. The van der Waals surface area contributed by atoms with Crippen molar-refractivity contribution in [2.45, 2.75) is 19.4 Å². The van der Waals surface area contributed by atoms with Gasteiger partial charge in [0.15, 0.2) is 0 Å². The summed E-state index contributed by atoms with van der Waals surface area (Å²) >= 11 is 3.64. The number of aryl methyl sites for hydroxylation is 1. The van der Waals surface area contributed by atoms with Gasteiger partial charge < -0.3 is 10.5 Å². The molecule has 3 heteroatoms. The Morgan fingerprint density at radius 3 is 2.74 bits per heavy atom. The third kappa shape index (κ3) is 2.17. The summed E-state index contributed by atoms with van der Waals surface area (Å²) in [5.41, 5.74) is 11.1. The van der Waals surface area contributed by atoms with Crippen LogP contribution in [-0.4, -0.2) is 6.61 Å². The number of rotatable bonds is 2. The predicted octanol–water partition coefficient (Wildman–Crippen LogP) is 3.74. The van der Waals surface area contributed by atoms with E-state index in [4.69, 9.17) is 10.5 Å². The smallest absolute Gasteiger partial charge is 0.127 e. The fourth-order valence-corrected chi connectivity index (χ4v) is 3.07. The van der Waals surface area contributed by atoms with Gasteiger partial charge in [-0.05, 0) is 23.6 Å². The van der Waals surface area contributed by atoms with Crippen LogP contribution in [0.2, 0.25) is 0 Å². The van der Waals surface area contributed by atoms with E-state index in [-0.39, 0.29) is 6.04 Å². The molecule has 2 aromatic carbocycles. The summed E-state index contributed by atoms with van der Waals surface area (Å²) in [6.07, 6.45) is 0.977. The summed E-state index contributed by atoms with van der Waals surface area (Å²) in [6.45, 7) is 2.83. The largest absolute Gasteiger partial charge is 0.493 e. The Morgan fingerprint density at radius 1 is 1.16 bits per heavy atom. The number of hydrogen-bond donors (Lipinski definition) is 1. The van der Waals surface area contributed by atoms with E-state index in [1.165, 1.54) is 11.1 Å². The Labute approximate surface area is 121 Å². The highest BCUT2D eigenvalue weighted by Gasteiger charge is 2.22. The molecule has 2 aromatic rings. The number of fused-ring (bicyclic) bond motifs is 1. The Hall–Kier alpha value is -1.32. The van der Waals surface area contributed by atoms with Crippen LogP contribution in [0, 0.1) is 6.92 Å². The molecule has 0 saturated heterocycles. The maximum atomic E-state index is 6.45. The quantitative estimate of drug-likeness (QED) is 0.915. The summed E-state index contributed by atoms with van der Waals surface area (Å²) < 4.78 is 6.83. The van der Waals surface area contributed by atoms with E-state index >= 15 is 0 Å². The summed E-state index contributed by atoms with van der Waals surface area (Å²) in [6, 6.07) is 12.3. The van der Waals surface area contributed by atoms with Gasteiger partial charge in [-0.2, -0.15) is 0 Å². The van der Waals surface area contributed by atoms with E-state index in [1.807, 2.05) is 6.07 Å². The zero-order valence-electron chi connectivity index (χ0n) is 10.8. The number of nitrogens with two attached hydrogens (primary N) is 1. The molecule has 0 bridgehead atoms. The van der Waals surface area contributed by atoms with E-state index < -0.39 is 0 Å². The van der Waals surface area contributed by atoms with Crippen molar-refractivity contribution in [2.24, 2.45) is 5.73 Å². The second-order valence-electron chi connectivity index (χ2n) is 4.89. The molecule has 3 rings (SSSR count). The lowest BCUT2D eigenvalue weighted by molar-refractivity contribution is 0.352. The van der Waals surface area contributed by atoms with Gasteiger partial charge >= 0.3 is 0 Å². The topological polar surface area (TPSA) is 35.2 Å². The van der Waals surface area contributed by atoms with Gasteiger partial charge in [-0.15, -0.1) is 0 Å². The van der Waals surface area contributed by atoms with Crippen LogP contribution >= 0.6 is 15.9 Å². The third-order valence-corrected chi connectivity index (χ3v) is 4.72. The molecule has 1 unspecified atom stereocenters. The molecule has 0 spiro atoms. The monoisotopic (exact) mass is 317 g/mol. The van der Waals surface area contributed by atoms with E-state index in [1.54, 1.807) is 0 Å². The molecule has 2 N–H and O–H groups in total. The Balaban J connectivity index is 2.08. The minimum absolute atomic E-state index is 0.165. The highest BCUT2D eigenvalue weighted by molar-refractivity contribution is 9.10. The number of hydrogen-bond acceptors (Lipinski definition) is 2. The van der Waals surface area contributed by atoms with Gasteiger partial charge in [0.1, 0.15) is 5.75 Å². The molecule has 19 heavy (non-hydrogen) atoms. The summed E-state index contributed by atoms with van der Waals surface area (Å²) in [7, 11) is 0. The van der Waals surface area contributed by atoms with E-state index in [0.717, 1.165) is 34.4 Å². The van der Waals surface area contributed by atoms with E-state index in [9.17, 15) is 0 Å². The fraction of sp³-hybridized carbons (Fsp3) is 0.250. The summed E-state index contributed by atoms with van der Waals surface area (Å²) in [5, 5.41) is 0. The maximum absolute atomic E-state index is 6.45. The first kappa shape index (κ1) is 12.7. The van der Waals surface area contributed by atoms with Crippen LogP contribution in [0.3, 0.4) is 0 Å². The van der Waals surface area contributed by atoms with Crippen molar-refractivity contribution in [1.29, 1.82) is 0 Å². The molecule has 0 radical (unpaired) electrons. The minimum Gasteiger partial charge on any atom is -0.493 e. The first-order valence-corrected chi connectivity index (χ1v) is 7.23. The fourth-order valence-electron chi connectivity index (χ4n) is 2.56. The van der Waals surface area contributed by atoms with Gasteiger partial charge in [-0.1, -0.05) is 52.3 Å². The second kappa shape index (κ2) is 4.99. The van der Waals surface area contributed by atoms with Gasteiger partial charge in [0, 0.05) is 16.5 Å². The normalized spacial score (nSPS) is 14.9. The van der Waals surface area contributed by atoms with Crippen molar-refractivity contribution in [3.8, 4) is 5.75 Å². The van der Waals surface area contributed by atoms with Crippen LogP contribution in [0.5, 0.6) is 5.75 Å². The minimum atomic E-state index is -0.165. The first-order valence-electron chi connectivity index (χ1n) is 6.43. The molecule has 0 saturated carbocycles. The SMILES string of the molecule is Cc1cccc(C(N)c2cccc3c2OCC3)c1Br. The van der Waals surface area contributed by atoms with Crippen molar-refractivity contribution in [3.63, 3.8) is 0 Å². The Bertz CT molecular complexity index is 624. The Kier molecular flexibility index (Phi) is 3.33. The standard InChI is InChI=1S/C16H16BrNO/c1-10-4-2-6-12(14(10)17)15(18)13-7-3-5-11-8-9-19-16(11)13/h2-7,15H,8-9,18H2,1H3. The molecule has 2 nitrogen and oxygen atoms in total. The van der Waals surface area contributed by atoms with E-state index in [0.29, 0.717) is 0 Å². The predicted molar refractivity (Wildman–Crippen MR) is 80.6 cm³/mol. The summed E-state index contributed by atoms with van der Waals surface area (Å²) in [5.74, 6) is 0.975. The van der Waals surface area contributed by atoms with Crippen LogP contribution in [0.15, 0.2) is 40.9 Å². The van der Waals surface area contributed by atoms with Crippen LogP contribution in [-0.2, 0) is 6.42 Å². The molecular formula is C16H16BrNO. The van der Waals surface area contributed by atoms with Gasteiger partial charge in [0.25, 0.3) is 0 Å². The molecular weight excluding hydrogens is 302 g/mol. The number of ether oxygens (including phenoxy) is 1. The first-order chi connectivity index (χ1) is 9.18. The average Bonchev–Trinajstić information content (AvgIpc) is 2.89. The third-order valence-electron chi connectivity index (χ3n) is 3.64.